The molecule has 0 spiro atoms. The zero-order valence-corrected chi connectivity index (χ0v) is 8.86. The Hall–Kier alpha value is -0.940. The molecule has 0 amide bonds. The summed E-state index contributed by atoms with van der Waals surface area (Å²) < 4.78 is 6.87. The molecule has 1 aromatic heterocycles. The second kappa shape index (κ2) is 5.72. The molecule has 1 rings (SSSR count). The van der Waals surface area contributed by atoms with Gasteiger partial charge in [-0.15, -0.1) is 5.10 Å². The molecule has 0 unspecified atom stereocenters. The highest BCUT2D eigenvalue weighted by atomic mass is 16.5. The Morgan fingerprint density at radius 3 is 2.79 bits per heavy atom. The number of methoxy groups -OCH3 is 1. The molecule has 0 aromatic carbocycles. The Bertz CT molecular complexity index is 272. The first-order chi connectivity index (χ1) is 6.79. The van der Waals surface area contributed by atoms with E-state index in [0.29, 0.717) is 6.54 Å². The summed E-state index contributed by atoms with van der Waals surface area (Å²) in [6.07, 6.45) is 2.11. The molecule has 0 atom stereocenters. The van der Waals surface area contributed by atoms with Crippen LogP contribution in [0.2, 0.25) is 0 Å². The van der Waals surface area contributed by atoms with E-state index in [1.807, 2.05) is 11.6 Å². The van der Waals surface area contributed by atoms with Gasteiger partial charge in [0.15, 0.2) is 0 Å². The van der Waals surface area contributed by atoms with Crippen molar-refractivity contribution in [3.05, 3.63) is 11.4 Å². The van der Waals surface area contributed by atoms with Gasteiger partial charge in [0.25, 0.3) is 0 Å². The number of nitrogens with zero attached hydrogens (tertiary/aromatic N) is 3. The fourth-order valence-electron chi connectivity index (χ4n) is 1.31. The van der Waals surface area contributed by atoms with E-state index in [0.717, 1.165) is 37.4 Å². The second-order valence-corrected chi connectivity index (χ2v) is 3.25. The first-order valence-corrected chi connectivity index (χ1v) is 4.87. The van der Waals surface area contributed by atoms with E-state index in [1.165, 1.54) is 0 Å². The van der Waals surface area contributed by atoms with Crippen molar-refractivity contribution in [3.63, 3.8) is 0 Å². The van der Waals surface area contributed by atoms with Gasteiger partial charge in [0.05, 0.1) is 11.4 Å². The lowest BCUT2D eigenvalue weighted by Gasteiger charge is -2.02. The molecule has 0 aliphatic rings. The highest BCUT2D eigenvalue weighted by Gasteiger charge is 2.05. The number of unbranched alkanes of at least 4 members (excludes halogenated alkanes) is 1. The third-order valence-corrected chi connectivity index (χ3v) is 2.24. The topological polar surface area (TPSA) is 66.0 Å². The number of ether oxygens (including phenoxy) is 1. The Kier molecular flexibility index (Phi) is 4.55. The maximum atomic E-state index is 5.50. The van der Waals surface area contributed by atoms with Gasteiger partial charge in [0.1, 0.15) is 0 Å². The van der Waals surface area contributed by atoms with Crippen LogP contribution < -0.4 is 5.73 Å². The molecule has 5 nitrogen and oxygen atoms in total. The molecule has 0 saturated carbocycles. The molecule has 2 N–H and O–H groups in total. The quantitative estimate of drug-likeness (QED) is 0.675. The standard InChI is InChI=1S/C9H18N4O/c1-8-9(7-10)11-12-13(8)5-3-4-6-14-2/h3-7,10H2,1-2H3. The maximum absolute atomic E-state index is 5.50. The van der Waals surface area contributed by atoms with Crippen molar-refractivity contribution in [1.29, 1.82) is 0 Å². The van der Waals surface area contributed by atoms with E-state index < -0.39 is 0 Å². The fourth-order valence-corrected chi connectivity index (χ4v) is 1.31. The summed E-state index contributed by atoms with van der Waals surface area (Å²) in [6.45, 7) is 4.15. The van der Waals surface area contributed by atoms with Gasteiger partial charge in [0.2, 0.25) is 0 Å². The summed E-state index contributed by atoms with van der Waals surface area (Å²) in [6, 6.07) is 0. The minimum atomic E-state index is 0.462. The molecule has 0 aliphatic heterocycles. The summed E-state index contributed by atoms with van der Waals surface area (Å²) in [5, 5.41) is 8.02. The third-order valence-electron chi connectivity index (χ3n) is 2.24. The molecule has 5 heteroatoms. The molecule has 0 aliphatic carbocycles. The Balaban J connectivity index is 2.39. The van der Waals surface area contributed by atoms with Gasteiger partial charge in [-0.1, -0.05) is 5.21 Å². The predicted molar refractivity (Wildman–Crippen MR) is 53.8 cm³/mol. The molecular formula is C9H18N4O. The first kappa shape index (κ1) is 11.1. The van der Waals surface area contributed by atoms with Crippen LogP contribution in [0.5, 0.6) is 0 Å². The Labute approximate surface area is 84.2 Å². The molecular weight excluding hydrogens is 180 g/mol. The number of rotatable bonds is 6. The van der Waals surface area contributed by atoms with Gasteiger partial charge in [-0.25, -0.2) is 4.68 Å². The number of nitrogens with two attached hydrogens (primary N) is 1. The van der Waals surface area contributed by atoms with Gasteiger partial charge >= 0.3 is 0 Å². The number of hydrogen-bond donors (Lipinski definition) is 1. The highest BCUT2D eigenvalue weighted by Crippen LogP contribution is 2.04. The number of hydrogen-bond acceptors (Lipinski definition) is 4. The van der Waals surface area contributed by atoms with Crippen LogP contribution in [0.4, 0.5) is 0 Å². The normalized spacial score (nSPS) is 10.8. The lowest BCUT2D eigenvalue weighted by Crippen LogP contribution is -2.05. The summed E-state index contributed by atoms with van der Waals surface area (Å²) in [4.78, 5) is 0. The summed E-state index contributed by atoms with van der Waals surface area (Å²) in [5.41, 5.74) is 7.46. The summed E-state index contributed by atoms with van der Waals surface area (Å²) >= 11 is 0. The molecule has 0 fully saturated rings. The predicted octanol–water partition coefficient (Wildman–Crippen LogP) is 0.472. The van der Waals surface area contributed by atoms with Crippen molar-refractivity contribution in [1.82, 2.24) is 15.0 Å². The maximum Gasteiger partial charge on any atom is 0.0991 e. The Morgan fingerprint density at radius 1 is 1.43 bits per heavy atom. The SMILES string of the molecule is COCCCCn1nnc(CN)c1C. The van der Waals surface area contributed by atoms with Crippen molar-refractivity contribution < 1.29 is 4.74 Å². The monoisotopic (exact) mass is 198 g/mol. The van der Waals surface area contributed by atoms with Crippen molar-refractivity contribution in [2.24, 2.45) is 5.73 Å². The smallest absolute Gasteiger partial charge is 0.0991 e. The summed E-state index contributed by atoms with van der Waals surface area (Å²) in [5.74, 6) is 0. The zero-order valence-electron chi connectivity index (χ0n) is 8.86. The fraction of sp³-hybridized carbons (Fsp3) is 0.778. The van der Waals surface area contributed by atoms with Crippen molar-refractivity contribution in [3.8, 4) is 0 Å². The van der Waals surface area contributed by atoms with Crippen molar-refractivity contribution >= 4 is 0 Å². The van der Waals surface area contributed by atoms with E-state index in [-0.39, 0.29) is 0 Å². The molecule has 0 radical (unpaired) electrons. The second-order valence-electron chi connectivity index (χ2n) is 3.25. The van der Waals surface area contributed by atoms with Crippen LogP contribution in [0.25, 0.3) is 0 Å². The lowest BCUT2D eigenvalue weighted by atomic mass is 10.3. The zero-order chi connectivity index (χ0) is 10.4. The van der Waals surface area contributed by atoms with Crippen LogP contribution in [-0.2, 0) is 17.8 Å². The van der Waals surface area contributed by atoms with Crippen LogP contribution in [0.15, 0.2) is 0 Å². The molecule has 80 valence electrons. The minimum Gasteiger partial charge on any atom is -0.385 e. The molecule has 0 bridgehead atoms. The minimum absolute atomic E-state index is 0.462. The van der Waals surface area contributed by atoms with E-state index in [4.69, 9.17) is 10.5 Å². The van der Waals surface area contributed by atoms with Gasteiger partial charge in [-0.05, 0) is 19.8 Å². The first-order valence-electron chi connectivity index (χ1n) is 4.87. The largest absolute Gasteiger partial charge is 0.385 e. The van der Waals surface area contributed by atoms with Gasteiger partial charge in [-0.3, -0.25) is 0 Å². The number of aryl methyl sites for hydroxylation is 1. The van der Waals surface area contributed by atoms with Gasteiger partial charge in [-0.2, -0.15) is 0 Å². The number of aromatic nitrogens is 3. The van der Waals surface area contributed by atoms with Crippen LogP contribution in [0.3, 0.4) is 0 Å². The van der Waals surface area contributed by atoms with Crippen molar-refractivity contribution in [2.45, 2.75) is 32.9 Å². The van der Waals surface area contributed by atoms with E-state index >= 15 is 0 Å². The molecule has 0 saturated heterocycles. The van der Waals surface area contributed by atoms with Crippen LogP contribution in [0.1, 0.15) is 24.2 Å². The molecule has 1 heterocycles. The van der Waals surface area contributed by atoms with Crippen LogP contribution >= 0.6 is 0 Å². The van der Waals surface area contributed by atoms with Crippen molar-refractivity contribution in [2.75, 3.05) is 13.7 Å². The van der Waals surface area contributed by atoms with E-state index in [9.17, 15) is 0 Å². The highest BCUT2D eigenvalue weighted by molar-refractivity contribution is 5.06. The van der Waals surface area contributed by atoms with E-state index in [2.05, 4.69) is 10.3 Å². The van der Waals surface area contributed by atoms with Crippen LogP contribution in [0, 0.1) is 6.92 Å². The molecule has 14 heavy (non-hydrogen) atoms. The average Bonchev–Trinajstić information content (AvgIpc) is 2.55. The third kappa shape index (κ3) is 2.78. The lowest BCUT2D eigenvalue weighted by molar-refractivity contribution is 0.190. The summed E-state index contributed by atoms with van der Waals surface area (Å²) in [7, 11) is 1.72. The Morgan fingerprint density at radius 2 is 2.21 bits per heavy atom. The van der Waals surface area contributed by atoms with E-state index in [1.54, 1.807) is 7.11 Å². The van der Waals surface area contributed by atoms with Crippen LogP contribution in [-0.4, -0.2) is 28.7 Å². The average molecular weight is 198 g/mol. The molecule has 1 aromatic rings. The van der Waals surface area contributed by atoms with Gasteiger partial charge < -0.3 is 10.5 Å². The van der Waals surface area contributed by atoms with Gasteiger partial charge in [0, 0.05) is 26.8 Å².